The average Bonchev–Trinajstić information content (AvgIpc) is 4.16. The number of halogens is 1. The number of aromatic nitrogens is 6. The molecule has 6 aromatic rings. The molecule has 4 fully saturated rings. The molecule has 21 heteroatoms. The van der Waals surface area contributed by atoms with Crippen molar-refractivity contribution in [1.82, 2.24) is 35.2 Å². The molecule has 416 valence electrons. The molecule has 0 unspecified atom stereocenters. The number of fused-ring (bicyclic) bond motifs is 2. The van der Waals surface area contributed by atoms with Crippen LogP contribution in [0.2, 0.25) is 0 Å². The predicted molar refractivity (Wildman–Crippen MR) is 315 cm³/mol. The SMILES string of the molecule is C=CC(=O)Cl.C=CC(=O)NC1CN(c2ccnc(CC(=O)Nc3ccc(C4=Cc5c(ncnc5N5CCOCC5)C4)cc3)c2)C1.NC1CN(c2ccnc(CC(=O)Nc3ccc(C4=Cc5c(ncnc5N5CCOCC5)C4)cc3)c2)C1. The Morgan fingerprint density at radius 2 is 1.02 bits per heavy atom. The number of nitrogens with one attached hydrogen (secondary N) is 3. The Morgan fingerprint density at radius 1 is 0.593 bits per heavy atom. The van der Waals surface area contributed by atoms with E-state index in [1.165, 1.54) is 17.2 Å². The molecule has 4 aliphatic heterocycles. The molecular weight excluding hydrogens is 1050 g/mol. The highest BCUT2D eigenvalue weighted by Crippen LogP contribution is 2.37. The number of anilines is 6. The molecule has 2 aromatic carbocycles. The number of nitrogens with zero attached hydrogens (tertiary/aromatic N) is 10. The Kier molecular flexibility index (Phi) is 17.9. The van der Waals surface area contributed by atoms with Crippen LogP contribution in [-0.2, 0) is 54.3 Å². The number of nitrogens with two attached hydrogens (primary N) is 1. The fraction of sp³-hybridized carbons (Fsp3) is 0.300. The zero-order valence-electron chi connectivity index (χ0n) is 44.8. The van der Waals surface area contributed by atoms with Crippen molar-refractivity contribution < 1.29 is 28.7 Å². The number of rotatable bonds is 15. The maximum Gasteiger partial charge on any atom is 0.244 e. The van der Waals surface area contributed by atoms with Crippen molar-refractivity contribution in [2.24, 2.45) is 5.73 Å². The maximum atomic E-state index is 12.8. The Labute approximate surface area is 474 Å². The molecule has 0 spiro atoms. The summed E-state index contributed by atoms with van der Waals surface area (Å²) in [6, 6.07) is 24.0. The van der Waals surface area contributed by atoms with E-state index in [2.05, 4.69) is 90.8 Å². The normalized spacial score (nSPS) is 16.3. The summed E-state index contributed by atoms with van der Waals surface area (Å²) in [5, 5.41) is 8.35. The van der Waals surface area contributed by atoms with E-state index in [0.29, 0.717) is 32.0 Å². The van der Waals surface area contributed by atoms with Crippen LogP contribution in [0, 0.1) is 0 Å². The monoisotopic (exact) mass is 1110 g/mol. The van der Waals surface area contributed by atoms with Gasteiger partial charge in [-0.05, 0) is 107 Å². The van der Waals surface area contributed by atoms with E-state index in [-0.39, 0.29) is 42.6 Å². The molecule has 0 bridgehead atoms. The average molecular weight is 1110 g/mol. The second-order valence-corrected chi connectivity index (χ2v) is 20.5. The first kappa shape index (κ1) is 55.6. The summed E-state index contributed by atoms with van der Waals surface area (Å²) in [5.74, 6) is 1.57. The standard InChI is InChI=1S/C30H31N7O3.C27H29N7O2.C3H3ClO/c1-2-28(38)35-24-17-37(18-24)25-7-8-31-23(15-25)16-29(39)34-22-5-3-20(4-6-22)21-13-26-27(14-21)32-19-33-30(26)36-9-11-40-12-10-36;28-20-15-34(16-20)23-5-6-29-22(13-23)14-26(35)32-21-3-1-18(2-4-21)19-11-24-25(12-19)30-17-31-27(24)33-7-9-36-10-8-33;1-2-3(4)5/h2-8,13,15,19,24H,1,9-12,14,16-18H2,(H,34,39)(H,35,38);1-6,11,13,17,20H,7-10,12,14-16,28H2,(H,32,35);2H,1H2. The number of morpholine rings is 2. The van der Waals surface area contributed by atoms with Gasteiger partial charge in [0.25, 0.3) is 0 Å². The van der Waals surface area contributed by atoms with E-state index in [9.17, 15) is 19.2 Å². The Balaban J connectivity index is 0.000000169. The lowest BCUT2D eigenvalue weighted by Crippen LogP contribution is -2.59. The Hall–Kier alpha value is -8.69. The van der Waals surface area contributed by atoms with E-state index in [0.717, 1.165) is 145 Å². The molecule has 6 aliphatic rings. The van der Waals surface area contributed by atoms with Crippen molar-refractivity contribution in [2.75, 3.05) is 109 Å². The number of pyridine rings is 2. The third-order valence-electron chi connectivity index (χ3n) is 14.4. The van der Waals surface area contributed by atoms with Gasteiger partial charge in [0, 0.05) is 118 Å². The summed E-state index contributed by atoms with van der Waals surface area (Å²) in [5.41, 5.74) is 19.7. The second-order valence-electron chi connectivity index (χ2n) is 20.1. The van der Waals surface area contributed by atoms with Crippen LogP contribution in [0.15, 0.2) is 123 Å². The summed E-state index contributed by atoms with van der Waals surface area (Å²) >= 11 is 4.71. The highest BCUT2D eigenvalue weighted by atomic mass is 35.5. The minimum atomic E-state index is -0.509. The molecule has 0 atom stereocenters. The zero-order chi connectivity index (χ0) is 56.2. The maximum absolute atomic E-state index is 12.8. The number of benzene rings is 2. The van der Waals surface area contributed by atoms with Crippen molar-refractivity contribution in [3.8, 4) is 0 Å². The van der Waals surface area contributed by atoms with Gasteiger partial charge in [-0.25, -0.2) is 19.9 Å². The second kappa shape index (κ2) is 26.1. The van der Waals surface area contributed by atoms with Gasteiger partial charge >= 0.3 is 0 Å². The first-order valence-corrected chi connectivity index (χ1v) is 27.3. The molecule has 3 amide bonds. The van der Waals surface area contributed by atoms with Crippen molar-refractivity contribution in [3.63, 3.8) is 0 Å². The fourth-order valence-corrected chi connectivity index (χ4v) is 10.2. The molecule has 4 saturated heterocycles. The molecule has 4 aromatic heterocycles. The number of carbonyl (C=O) groups is 4. The van der Waals surface area contributed by atoms with Crippen molar-refractivity contribution in [1.29, 1.82) is 0 Å². The summed E-state index contributed by atoms with van der Waals surface area (Å²) in [7, 11) is 0. The largest absolute Gasteiger partial charge is 0.378 e. The van der Waals surface area contributed by atoms with Gasteiger partial charge in [0.2, 0.25) is 23.0 Å². The molecule has 12 rings (SSSR count). The first-order chi connectivity index (χ1) is 39.4. The van der Waals surface area contributed by atoms with Crippen molar-refractivity contribution >= 4 is 92.2 Å². The number of hydrogen-bond donors (Lipinski definition) is 4. The third kappa shape index (κ3) is 14.2. The van der Waals surface area contributed by atoms with E-state index in [4.69, 9.17) is 26.8 Å². The van der Waals surface area contributed by atoms with E-state index >= 15 is 0 Å². The van der Waals surface area contributed by atoms with Crippen LogP contribution < -0.4 is 41.3 Å². The number of allylic oxidation sites excluding steroid dienone is 3. The lowest BCUT2D eigenvalue weighted by molar-refractivity contribution is -0.117. The molecule has 20 nitrogen and oxygen atoms in total. The lowest BCUT2D eigenvalue weighted by Gasteiger charge is -2.41. The smallest absolute Gasteiger partial charge is 0.244 e. The molecule has 0 radical (unpaired) electrons. The number of amides is 3. The van der Waals surface area contributed by atoms with Gasteiger partial charge in [-0.1, -0.05) is 37.4 Å². The molecule has 0 saturated carbocycles. The molecule has 81 heavy (non-hydrogen) atoms. The van der Waals surface area contributed by atoms with Gasteiger partial charge in [-0.15, -0.1) is 0 Å². The van der Waals surface area contributed by atoms with Gasteiger partial charge in [-0.2, -0.15) is 0 Å². The van der Waals surface area contributed by atoms with Crippen LogP contribution in [0.25, 0.3) is 23.3 Å². The van der Waals surface area contributed by atoms with Crippen LogP contribution >= 0.6 is 11.6 Å². The van der Waals surface area contributed by atoms with Gasteiger partial charge in [0.05, 0.1) is 68.1 Å². The highest BCUT2D eigenvalue weighted by Gasteiger charge is 2.29. The molecule has 5 N–H and O–H groups in total. The predicted octanol–water partition coefficient (Wildman–Crippen LogP) is 5.55. The Morgan fingerprint density at radius 3 is 1.43 bits per heavy atom. The van der Waals surface area contributed by atoms with Crippen LogP contribution in [-0.4, -0.2) is 144 Å². The van der Waals surface area contributed by atoms with Gasteiger partial charge in [0.1, 0.15) is 24.3 Å². The van der Waals surface area contributed by atoms with Crippen molar-refractivity contribution in [2.45, 2.75) is 37.8 Å². The Bertz CT molecular complexity index is 3350. The van der Waals surface area contributed by atoms with E-state index in [1.807, 2.05) is 72.8 Å². The van der Waals surface area contributed by atoms with E-state index < -0.39 is 5.24 Å². The summed E-state index contributed by atoms with van der Waals surface area (Å²) in [6.07, 6.45) is 15.4. The number of hydrogen-bond acceptors (Lipinski definition) is 17. The van der Waals surface area contributed by atoms with Gasteiger partial charge in [-0.3, -0.25) is 29.1 Å². The molecule has 8 heterocycles. The minimum absolute atomic E-state index is 0.0920. The first-order valence-electron chi connectivity index (χ1n) is 26.9. The van der Waals surface area contributed by atoms with Crippen LogP contribution in [0.5, 0.6) is 0 Å². The highest BCUT2D eigenvalue weighted by molar-refractivity contribution is 6.66. The molecule has 2 aliphatic carbocycles. The summed E-state index contributed by atoms with van der Waals surface area (Å²) in [6.45, 7) is 15.9. The van der Waals surface area contributed by atoms with Gasteiger partial charge in [0.15, 0.2) is 0 Å². The summed E-state index contributed by atoms with van der Waals surface area (Å²) < 4.78 is 11.0. The zero-order valence-corrected chi connectivity index (χ0v) is 45.6. The quantitative estimate of drug-likeness (QED) is 0.0728. The van der Waals surface area contributed by atoms with Crippen molar-refractivity contribution in [3.05, 3.63) is 168 Å². The van der Waals surface area contributed by atoms with E-state index in [1.54, 1.807) is 25.0 Å². The fourth-order valence-electron chi connectivity index (χ4n) is 10.2. The molecular formula is C60H63ClN14O6. The lowest BCUT2D eigenvalue weighted by atomic mass is 10.0. The minimum Gasteiger partial charge on any atom is -0.378 e. The summed E-state index contributed by atoms with van der Waals surface area (Å²) in [4.78, 5) is 82.1. The third-order valence-corrected chi connectivity index (χ3v) is 14.6. The van der Waals surface area contributed by atoms with Crippen LogP contribution in [0.4, 0.5) is 34.4 Å². The van der Waals surface area contributed by atoms with Crippen LogP contribution in [0.1, 0.15) is 45.0 Å². The number of carbonyl (C=O) groups excluding carboxylic acids is 4. The number of ether oxygens (including phenoxy) is 2. The van der Waals surface area contributed by atoms with Crippen LogP contribution in [0.3, 0.4) is 0 Å². The van der Waals surface area contributed by atoms with Gasteiger partial charge < -0.3 is 50.8 Å². The topological polar surface area (TPSA) is 239 Å².